The summed E-state index contributed by atoms with van der Waals surface area (Å²) in [7, 11) is 0. The summed E-state index contributed by atoms with van der Waals surface area (Å²) in [4.78, 5) is 0. The molecule has 0 radical (unpaired) electrons. The van der Waals surface area contributed by atoms with Crippen LogP contribution in [0.2, 0.25) is 0 Å². The van der Waals surface area contributed by atoms with Gasteiger partial charge in [-0.15, -0.1) is 0 Å². The lowest BCUT2D eigenvalue weighted by molar-refractivity contribution is 0.282. The molecule has 0 aliphatic rings. The standard InChI is InChI=1S/C14H18N2O/c1-14(2,3)13-8-9-16(15-13)12-6-4-11(10-17)5-7-12/h4-9,17H,10H2,1-3H3. The van der Waals surface area contributed by atoms with Crippen molar-refractivity contribution in [1.29, 1.82) is 0 Å². The van der Waals surface area contributed by atoms with Gasteiger partial charge in [0.05, 0.1) is 18.0 Å². The second-order valence-corrected chi connectivity index (χ2v) is 5.22. The Morgan fingerprint density at radius 3 is 2.24 bits per heavy atom. The van der Waals surface area contributed by atoms with Crippen LogP contribution >= 0.6 is 0 Å². The van der Waals surface area contributed by atoms with Crippen LogP contribution in [0.3, 0.4) is 0 Å². The first-order valence-electron chi connectivity index (χ1n) is 5.77. The molecular formula is C14H18N2O. The molecule has 2 aromatic rings. The number of aliphatic hydroxyl groups excluding tert-OH is 1. The lowest BCUT2D eigenvalue weighted by Gasteiger charge is -2.14. The molecule has 3 heteroatoms. The molecule has 2 rings (SSSR count). The first kappa shape index (κ1) is 11.9. The molecule has 0 fully saturated rings. The highest BCUT2D eigenvalue weighted by atomic mass is 16.3. The highest BCUT2D eigenvalue weighted by molar-refractivity contribution is 5.34. The van der Waals surface area contributed by atoms with Crippen molar-refractivity contribution in [2.75, 3.05) is 0 Å². The van der Waals surface area contributed by atoms with Crippen LogP contribution < -0.4 is 0 Å². The zero-order valence-electron chi connectivity index (χ0n) is 10.5. The van der Waals surface area contributed by atoms with Crippen molar-refractivity contribution < 1.29 is 5.11 Å². The van der Waals surface area contributed by atoms with E-state index in [9.17, 15) is 0 Å². The van der Waals surface area contributed by atoms with E-state index in [-0.39, 0.29) is 12.0 Å². The molecule has 0 spiro atoms. The SMILES string of the molecule is CC(C)(C)c1ccn(-c2ccc(CO)cc2)n1. The summed E-state index contributed by atoms with van der Waals surface area (Å²) in [5, 5.41) is 13.5. The zero-order valence-corrected chi connectivity index (χ0v) is 10.5. The van der Waals surface area contributed by atoms with E-state index in [4.69, 9.17) is 5.11 Å². The molecule has 90 valence electrons. The van der Waals surface area contributed by atoms with E-state index in [0.717, 1.165) is 16.9 Å². The van der Waals surface area contributed by atoms with Crippen molar-refractivity contribution in [2.24, 2.45) is 0 Å². The van der Waals surface area contributed by atoms with Crippen molar-refractivity contribution in [2.45, 2.75) is 32.8 Å². The molecule has 0 bridgehead atoms. The molecule has 0 atom stereocenters. The van der Waals surface area contributed by atoms with Crippen LogP contribution in [-0.2, 0) is 12.0 Å². The summed E-state index contributed by atoms with van der Waals surface area (Å²) >= 11 is 0. The molecule has 1 aromatic carbocycles. The minimum absolute atomic E-state index is 0.0658. The van der Waals surface area contributed by atoms with Crippen molar-refractivity contribution in [1.82, 2.24) is 9.78 Å². The number of aromatic nitrogens is 2. The van der Waals surface area contributed by atoms with Crippen LogP contribution in [0, 0.1) is 0 Å². The number of nitrogens with zero attached hydrogens (tertiary/aromatic N) is 2. The van der Waals surface area contributed by atoms with E-state index >= 15 is 0 Å². The van der Waals surface area contributed by atoms with E-state index in [1.165, 1.54) is 0 Å². The van der Waals surface area contributed by atoms with Crippen LogP contribution in [-0.4, -0.2) is 14.9 Å². The molecule has 1 N–H and O–H groups in total. The fraction of sp³-hybridized carbons (Fsp3) is 0.357. The predicted octanol–water partition coefficient (Wildman–Crippen LogP) is 2.66. The van der Waals surface area contributed by atoms with Gasteiger partial charge in [-0.05, 0) is 23.8 Å². The van der Waals surface area contributed by atoms with Crippen molar-refractivity contribution in [3.63, 3.8) is 0 Å². The quantitative estimate of drug-likeness (QED) is 0.861. The predicted molar refractivity (Wildman–Crippen MR) is 68.2 cm³/mol. The second kappa shape index (κ2) is 4.34. The van der Waals surface area contributed by atoms with Crippen molar-refractivity contribution in [3.8, 4) is 5.69 Å². The van der Waals surface area contributed by atoms with E-state index in [2.05, 4.69) is 25.9 Å². The largest absolute Gasteiger partial charge is 0.392 e. The Balaban J connectivity index is 2.30. The highest BCUT2D eigenvalue weighted by Crippen LogP contribution is 2.20. The number of hydrogen-bond acceptors (Lipinski definition) is 2. The minimum Gasteiger partial charge on any atom is -0.392 e. The van der Waals surface area contributed by atoms with Crippen LogP contribution in [0.4, 0.5) is 0 Å². The smallest absolute Gasteiger partial charge is 0.0682 e. The molecule has 0 amide bonds. The average molecular weight is 230 g/mol. The molecular weight excluding hydrogens is 212 g/mol. The summed E-state index contributed by atoms with van der Waals surface area (Å²) < 4.78 is 1.86. The first-order chi connectivity index (χ1) is 8.00. The van der Waals surface area contributed by atoms with Crippen LogP contribution in [0.25, 0.3) is 5.69 Å². The Morgan fingerprint density at radius 2 is 1.76 bits per heavy atom. The van der Waals surface area contributed by atoms with Gasteiger partial charge in [-0.25, -0.2) is 4.68 Å². The Morgan fingerprint density at radius 1 is 1.12 bits per heavy atom. The monoisotopic (exact) mass is 230 g/mol. The number of aliphatic hydroxyl groups is 1. The molecule has 0 saturated carbocycles. The minimum atomic E-state index is 0.0658. The van der Waals surface area contributed by atoms with E-state index in [1.807, 2.05) is 41.2 Å². The Bertz CT molecular complexity index is 492. The third kappa shape index (κ3) is 2.56. The van der Waals surface area contributed by atoms with Gasteiger partial charge in [0, 0.05) is 11.6 Å². The van der Waals surface area contributed by atoms with Gasteiger partial charge >= 0.3 is 0 Å². The van der Waals surface area contributed by atoms with E-state index in [0.29, 0.717) is 0 Å². The average Bonchev–Trinajstić information content (AvgIpc) is 2.78. The summed E-state index contributed by atoms with van der Waals surface area (Å²) in [5.74, 6) is 0. The Hall–Kier alpha value is -1.61. The van der Waals surface area contributed by atoms with E-state index in [1.54, 1.807) is 0 Å². The maximum absolute atomic E-state index is 8.99. The molecule has 17 heavy (non-hydrogen) atoms. The van der Waals surface area contributed by atoms with Crippen molar-refractivity contribution in [3.05, 3.63) is 47.8 Å². The molecule has 0 unspecified atom stereocenters. The van der Waals surface area contributed by atoms with Gasteiger partial charge in [0.15, 0.2) is 0 Å². The third-order valence-corrected chi connectivity index (χ3v) is 2.74. The summed E-state index contributed by atoms with van der Waals surface area (Å²) in [6.45, 7) is 6.52. The maximum atomic E-state index is 8.99. The normalized spacial score (nSPS) is 11.8. The summed E-state index contributed by atoms with van der Waals surface area (Å²) in [5.41, 5.74) is 3.06. The van der Waals surface area contributed by atoms with Crippen LogP contribution in [0.1, 0.15) is 32.0 Å². The van der Waals surface area contributed by atoms with Gasteiger partial charge in [0.1, 0.15) is 0 Å². The van der Waals surface area contributed by atoms with Gasteiger partial charge in [-0.3, -0.25) is 0 Å². The van der Waals surface area contributed by atoms with Gasteiger partial charge in [0.2, 0.25) is 0 Å². The first-order valence-corrected chi connectivity index (χ1v) is 5.77. The molecule has 3 nitrogen and oxygen atoms in total. The lowest BCUT2D eigenvalue weighted by atomic mass is 9.93. The number of hydrogen-bond donors (Lipinski definition) is 1. The molecule has 0 aliphatic carbocycles. The third-order valence-electron chi connectivity index (χ3n) is 2.74. The molecule has 1 aromatic heterocycles. The van der Waals surface area contributed by atoms with Gasteiger partial charge in [-0.1, -0.05) is 32.9 Å². The van der Waals surface area contributed by atoms with Crippen LogP contribution in [0.5, 0.6) is 0 Å². The Labute approximate surface area is 102 Å². The lowest BCUT2D eigenvalue weighted by Crippen LogP contribution is -2.12. The number of rotatable bonds is 2. The highest BCUT2D eigenvalue weighted by Gasteiger charge is 2.16. The maximum Gasteiger partial charge on any atom is 0.0682 e. The zero-order chi connectivity index (χ0) is 12.5. The van der Waals surface area contributed by atoms with Gasteiger partial charge < -0.3 is 5.11 Å². The fourth-order valence-corrected chi connectivity index (χ4v) is 1.62. The van der Waals surface area contributed by atoms with Crippen molar-refractivity contribution >= 4 is 0 Å². The van der Waals surface area contributed by atoms with Gasteiger partial charge in [0.25, 0.3) is 0 Å². The molecule has 1 heterocycles. The molecule has 0 saturated heterocycles. The summed E-state index contributed by atoms with van der Waals surface area (Å²) in [6, 6.07) is 9.79. The number of benzene rings is 1. The fourth-order valence-electron chi connectivity index (χ4n) is 1.62. The van der Waals surface area contributed by atoms with Crippen LogP contribution in [0.15, 0.2) is 36.5 Å². The van der Waals surface area contributed by atoms with E-state index < -0.39 is 0 Å². The van der Waals surface area contributed by atoms with Gasteiger partial charge in [-0.2, -0.15) is 5.10 Å². The molecule has 0 aliphatic heterocycles. The second-order valence-electron chi connectivity index (χ2n) is 5.22. The summed E-state index contributed by atoms with van der Waals surface area (Å²) in [6.07, 6.45) is 1.97. The Kier molecular flexibility index (Phi) is 3.03. The topological polar surface area (TPSA) is 38.0 Å².